The number of nitrogens with zero attached hydrogens (tertiary/aromatic N) is 3. The molecule has 1 saturated heterocycles. The van der Waals surface area contributed by atoms with Crippen molar-refractivity contribution in [1.82, 2.24) is 4.90 Å². The van der Waals surface area contributed by atoms with Crippen molar-refractivity contribution in [2.75, 3.05) is 31.1 Å². The van der Waals surface area contributed by atoms with Gasteiger partial charge in [-0.25, -0.2) is 4.39 Å². The quantitative estimate of drug-likeness (QED) is 0.930. The van der Waals surface area contributed by atoms with Crippen LogP contribution in [-0.2, 0) is 4.79 Å². The van der Waals surface area contributed by atoms with E-state index in [2.05, 4.69) is 0 Å². The lowest BCUT2D eigenvalue weighted by atomic mass is 10.1. The smallest absolute Gasteiger partial charge is 0.256 e. The van der Waals surface area contributed by atoms with Gasteiger partial charge in [0.15, 0.2) is 6.10 Å². The highest BCUT2D eigenvalue weighted by Gasteiger charge is 2.28. The number of halogens is 1. The van der Waals surface area contributed by atoms with Gasteiger partial charge in [0.1, 0.15) is 17.4 Å². The molecule has 0 aromatic heterocycles. The van der Waals surface area contributed by atoms with Gasteiger partial charge >= 0.3 is 0 Å². The average molecular weight is 339 g/mol. The summed E-state index contributed by atoms with van der Waals surface area (Å²) >= 11 is 0. The van der Waals surface area contributed by atoms with E-state index in [0.717, 1.165) is 0 Å². The SMILES string of the molecule is N#Cc1c(F)cccc1N1CCN(C(=O)C(O)c2ccccc2)CC1. The third kappa shape index (κ3) is 3.47. The first-order valence-electron chi connectivity index (χ1n) is 8.07. The van der Waals surface area contributed by atoms with Gasteiger partial charge in [0.05, 0.1) is 5.69 Å². The van der Waals surface area contributed by atoms with E-state index in [1.807, 2.05) is 17.0 Å². The van der Waals surface area contributed by atoms with E-state index in [4.69, 9.17) is 5.26 Å². The van der Waals surface area contributed by atoms with Gasteiger partial charge < -0.3 is 14.9 Å². The topological polar surface area (TPSA) is 67.6 Å². The minimum atomic E-state index is -1.18. The van der Waals surface area contributed by atoms with Crippen molar-refractivity contribution in [3.8, 4) is 6.07 Å². The predicted molar refractivity (Wildman–Crippen MR) is 91.3 cm³/mol. The van der Waals surface area contributed by atoms with Crippen LogP contribution in [0.25, 0.3) is 0 Å². The van der Waals surface area contributed by atoms with Gasteiger partial charge in [-0.15, -0.1) is 0 Å². The van der Waals surface area contributed by atoms with Crippen LogP contribution in [0.4, 0.5) is 10.1 Å². The normalized spacial score (nSPS) is 15.6. The molecular formula is C19H18FN3O2. The third-order valence-electron chi connectivity index (χ3n) is 4.38. The Labute approximate surface area is 145 Å². The highest BCUT2D eigenvalue weighted by atomic mass is 19.1. The lowest BCUT2D eigenvalue weighted by molar-refractivity contribution is -0.140. The molecular weight excluding hydrogens is 321 g/mol. The number of carbonyl (C=O) groups is 1. The van der Waals surface area contributed by atoms with Crippen molar-refractivity contribution in [3.63, 3.8) is 0 Å². The maximum absolute atomic E-state index is 13.8. The Morgan fingerprint density at radius 3 is 2.40 bits per heavy atom. The lowest BCUT2D eigenvalue weighted by Gasteiger charge is -2.37. The van der Waals surface area contributed by atoms with Crippen LogP contribution in [-0.4, -0.2) is 42.1 Å². The molecule has 1 aliphatic rings. The maximum atomic E-state index is 13.8. The number of anilines is 1. The highest BCUT2D eigenvalue weighted by Crippen LogP contribution is 2.24. The third-order valence-corrected chi connectivity index (χ3v) is 4.38. The fourth-order valence-corrected chi connectivity index (χ4v) is 3.01. The Kier molecular flexibility index (Phi) is 4.96. The number of piperazine rings is 1. The number of amides is 1. The minimum Gasteiger partial charge on any atom is -0.378 e. The second kappa shape index (κ2) is 7.32. The Hall–Kier alpha value is -2.91. The van der Waals surface area contributed by atoms with Gasteiger partial charge in [-0.3, -0.25) is 4.79 Å². The minimum absolute atomic E-state index is 0.0200. The summed E-state index contributed by atoms with van der Waals surface area (Å²) in [6.07, 6.45) is -1.18. The summed E-state index contributed by atoms with van der Waals surface area (Å²) < 4.78 is 13.8. The molecule has 3 rings (SSSR count). The van der Waals surface area contributed by atoms with E-state index in [1.165, 1.54) is 6.07 Å². The molecule has 25 heavy (non-hydrogen) atoms. The fourth-order valence-electron chi connectivity index (χ4n) is 3.01. The molecule has 128 valence electrons. The highest BCUT2D eigenvalue weighted by molar-refractivity contribution is 5.82. The van der Waals surface area contributed by atoms with Gasteiger partial charge in [-0.1, -0.05) is 36.4 Å². The summed E-state index contributed by atoms with van der Waals surface area (Å²) in [5.74, 6) is -0.886. The summed E-state index contributed by atoms with van der Waals surface area (Å²) in [4.78, 5) is 15.9. The summed E-state index contributed by atoms with van der Waals surface area (Å²) in [7, 11) is 0. The van der Waals surface area contributed by atoms with E-state index in [9.17, 15) is 14.3 Å². The zero-order valence-corrected chi connectivity index (χ0v) is 13.6. The molecule has 1 heterocycles. The second-order valence-electron chi connectivity index (χ2n) is 5.87. The molecule has 1 unspecified atom stereocenters. The predicted octanol–water partition coefficient (Wildman–Crippen LogP) is 2.08. The first-order chi connectivity index (χ1) is 12.1. The van der Waals surface area contributed by atoms with Crippen molar-refractivity contribution in [3.05, 3.63) is 65.5 Å². The first kappa shape index (κ1) is 16.9. The first-order valence-corrected chi connectivity index (χ1v) is 8.07. The van der Waals surface area contributed by atoms with Crippen LogP contribution in [0, 0.1) is 17.1 Å². The van der Waals surface area contributed by atoms with Crippen molar-refractivity contribution >= 4 is 11.6 Å². The van der Waals surface area contributed by atoms with Crippen LogP contribution >= 0.6 is 0 Å². The molecule has 1 aliphatic heterocycles. The number of benzene rings is 2. The molecule has 2 aromatic rings. The molecule has 0 spiro atoms. The molecule has 5 nitrogen and oxygen atoms in total. The van der Waals surface area contributed by atoms with Gasteiger partial charge in [0, 0.05) is 26.2 Å². The lowest BCUT2D eigenvalue weighted by Crippen LogP contribution is -2.50. The molecule has 2 aromatic carbocycles. The molecule has 0 radical (unpaired) electrons. The van der Waals surface area contributed by atoms with Gasteiger partial charge in [0.25, 0.3) is 5.91 Å². The Bertz CT molecular complexity index is 796. The molecule has 1 amide bonds. The van der Waals surface area contributed by atoms with Gasteiger partial charge in [-0.05, 0) is 17.7 Å². The Balaban J connectivity index is 1.67. The van der Waals surface area contributed by atoms with E-state index >= 15 is 0 Å². The van der Waals surface area contributed by atoms with Crippen LogP contribution < -0.4 is 4.90 Å². The monoisotopic (exact) mass is 339 g/mol. The number of carbonyl (C=O) groups excluding carboxylic acids is 1. The molecule has 1 fully saturated rings. The van der Waals surface area contributed by atoms with Crippen molar-refractivity contribution < 1.29 is 14.3 Å². The molecule has 6 heteroatoms. The molecule has 1 atom stereocenters. The Morgan fingerprint density at radius 1 is 1.08 bits per heavy atom. The van der Waals surface area contributed by atoms with Gasteiger partial charge in [-0.2, -0.15) is 5.26 Å². The fraction of sp³-hybridized carbons (Fsp3) is 0.263. The summed E-state index contributed by atoms with van der Waals surface area (Å²) in [5, 5.41) is 19.4. The van der Waals surface area contributed by atoms with E-state index in [0.29, 0.717) is 37.4 Å². The van der Waals surface area contributed by atoms with Crippen LogP contribution in [0.1, 0.15) is 17.2 Å². The largest absolute Gasteiger partial charge is 0.378 e. The summed E-state index contributed by atoms with van der Waals surface area (Å²) in [5.41, 5.74) is 1.12. The van der Waals surface area contributed by atoms with E-state index < -0.39 is 11.9 Å². The zero-order valence-electron chi connectivity index (χ0n) is 13.6. The summed E-state index contributed by atoms with van der Waals surface area (Å²) in [6, 6.07) is 15.2. The van der Waals surface area contributed by atoms with Crippen molar-refractivity contribution in [2.24, 2.45) is 0 Å². The number of hydrogen-bond donors (Lipinski definition) is 1. The van der Waals surface area contributed by atoms with Crippen LogP contribution in [0.5, 0.6) is 0 Å². The zero-order chi connectivity index (χ0) is 17.8. The van der Waals surface area contributed by atoms with Crippen molar-refractivity contribution in [2.45, 2.75) is 6.10 Å². The van der Waals surface area contributed by atoms with Gasteiger partial charge in [0.2, 0.25) is 0 Å². The molecule has 0 aliphatic carbocycles. The van der Waals surface area contributed by atoms with Crippen molar-refractivity contribution in [1.29, 1.82) is 5.26 Å². The number of nitriles is 1. The number of aliphatic hydroxyl groups is 1. The van der Waals surface area contributed by atoms with E-state index in [1.54, 1.807) is 41.3 Å². The molecule has 1 N–H and O–H groups in total. The number of hydrogen-bond acceptors (Lipinski definition) is 4. The molecule has 0 saturated carbocycles. The average Bonchev–Trinajstić information content (AvgIpc) is 2.67. The standard InChI is InChI=1S/C19H18FN3O2/c20-16-7-4-8-17(15(16)13-21)22-9-11-23(12-10-22)19(25)18(24)14-5-2-1-3-6-14/h1-8,18,24H,9-12H2. The summed E-state index contributed by atoms with van der Waals surface area (Å²) in [6.45, 7) is 1.77. The second-order valence-corrected chi connectivity index (χ2v) is 5.87. The number of rotatable bonds is 3. The Morgan fingerprint density at radius 2 is 1.76 bits per heavy atom. The van der Waals surface area contributed by atoms with E-state index in [-0.39, 0.29) is 11.5 Å². The van der Waals surface area contributed by atoms with Crippen LogP contribution in [0.3, 0.4) is 0 Å². The molecule has 0 bridgehead atoms. The van der Waals surface area contributed by atoms with Crippen LogP contribution in [0.2, 0.25) is 0 Å². The number of aliphatic hydroxyl groups excluding tert-OH is 1. The van der Waals surface area contributed by atoms with Crippen LogP contribution in [0.15, 0.2) is 48.5 Å². The maximum Gasteiger partial charge on any atom is 0.256 e.